The van der Waals surface area contributed by atoms with Crippen LogP contribution >= 0.6 is 0 Å². The van der Waals surface area contributed by atoms with Gasteiger partial charge in [-0.05, 0) is 69.6 Å². The van der Waals surface area contributed by atoms with Crippen LogP contribution in [0.15, 0.2) is 12.3 Å². The first-order chi connectivity index (χ1) is 7.99. The van der Waals surface area contributed by atoms with Gasteiger partial charge in [0.2, 0.25) is 0 Å². The van der Waals surface area contributed by atoms with E-state index in [1.165, 1.54) is 32.1 Å². The van der Waals surface area contributed by atoms with E-state index in [1.54, 1.807) is 6.92 Å². The number of hydroxylamine groups is 2. The fourth-order valence-corrected chi connectivity index (χ4v) is 4.53. The van der Waals surface area contributed by atoms with Gasteiger partial charge in [0.1, 0.15) is 0 Å². The summed E-state index contributed by atoms with van der Waals surface area (Å²) in [5.41, 5.74) is 0.203. The van der Waals surface area contributed by atoms with Crippen LogP contribution in [-0.4, -0.2) is 10.8 Å². The smallest absolute Gasteiger partial charge is 0.0980 e. The Morgan fingerprint density at radius 1 is 1.18 bits per heavy atom. The van der Waals surface area contributed by atoms with Gasteiger partial charge in [0, 0.05) is 5.70 Å². The Balaban J connectivity index is 1.80. The minimum atomic E-state index is -0.242. The van der Waals surface area contributed by atoms with E-state index in [0.29, 0.717) is 22.8 Å². The number of rotatable bonds is 3. The van der Waals surface area contributed by atoms with Gasteiger partial charge in [-0.25, -0.2) is 0 Å². The van der Waals surface area contributed by atoms with Gasteiger partial charge in [0.05, 0.1) is 5.60 Å². The van der Waals surface area contributed by atoms with Crippen molar-refractivity contribution in [2.75, 3.05) is 0 Å². The van der Waals surface area contributed by atoms with Gasteiger partial charge in [-0.15, -0.1) is 0 Å². The predicted molar refractivity (Wildman–Crippen MR) is 66.6 cm³/mol. The van der Waals surface area contributed by atoms with Crippen molar-refractivity contribution in [3.05, 3.63) is 17.5 Å². The lowest BCUT2D eigenvalue weighted by atomic mass is 9.50. The third kappa shape index (κ3) is 1.71. The molecule has 0 atom stereocenters. The topological polar surface area (TPSA) is 35.5 Å². The van der Waals surface area contributed by atoms with Gasteiger partial charge in [-0.1, -0.05) is 6.58 Å². The van der Waals surface area contributed by atoms with Crippen molar-refractivity contribution in [1.82, 2.24) is 5.23 Å². The Kier molecular flexibility index (Phi) is 2.53. The first kappa shape index (κ1) is 11.5. The van der Waals surface area contributed by atoms with Crippen LogP contribution in [0.25, 0.3) is 0 Å². The third-order valence-electron chi connectivity index (χ3n) is 5.35. The molecule has 4 aliphatic carbocycles. The minimum Gasteiger partial charge on any atom is -0.734 e. The Bertz CT molecular complexity index is 311. The highest BCUT2D eigenvalue weighted by Crippen LogP contribution is 2.59. The molecule has 4 bridgehead atoms. The lowest BCUT2D eigenvalue weighted by Gasteiger charge is -2.60. The number of hydrogen-bond donors (Lipinski definition) is 0. The van der Waals surface area contributed by atoms with Crippen LogP contribution in [0.4, 0.5) is 0 Å². The molecule has 4 rings (SSSR count). The van der Waals surface area contributed by atoms with Crippen molar-refractivity contribution >= 4 is 0 Å². The maximum absolute atomic E-state index is 11.7. The number of hydrogen-bond acceptors (Lipinski definition) is 3. The molecule has 4 aliphatic rings. The van der Waals surface area contributed by atoms with E-state index in [9.17, 15) is 5.21 Å². The Morgan fingerprint density at radius 2 is 1.65 bits per heavy atom. The summed E-state index contributed by atoms with van der Waals surface area (Å²) in [4.78, 5) is 5.75. The normalized spacial score (nSPS) is 47.2. The van der Waals surface area contributed by atoms with Crippen molar-refractivity contribution in [2.45, 2.75) is 51.6 Å². The molecule has 0 amide bonds. The highest BCUT2D eigenvalue weighted by atomic mass is 16.9. The van der Waals surface area contributed by atoms with Gasteiger partial charge in [-0.2, -0.15) is 0 Å². The van der Waals surface area contributed by atoms with E-state index in [4.69, 9.17) is 4.84 Å². The molecular weight excluding hydrogens is 214 g/mol. The van der Waals surface area contributed by atoms with Crippen LogP contribution in [0.3, 0.4) is 0 Å². The average molecular weight is 236 g/mol. The second kappa shape index (κ2) is 3.72. The molecule has 3 heteroatoms. The zero-order valence-electron chi connectivity index (χ0n) is 10.8. The van der Waals surface area contributed by atoms with Gasteiger partial charge >= 0.3 is 0 Å². The molecule has 0 radical (unpaired) electrons. The molecule has 0 aromatic rings. The van der Waals surface area contributed by atoms with Gasteiger partial charge in [0.15, 0.2) is 0 Å². The van der Waals surface area contributed by atoms with E-state index in [-0.39, 0.29) is 5.60 Å². The number of nitrogens with zero attached hydrogens (tertiary/aromatic N) is 1. The molecule has 0 saturated heterocycles. The van der Waals surface area contributed by atoms with Gasteiger partial charge in [0.25, 0.3) is 0 Å². The van der Waals surface area contributed by atoms with E-state index in [0.717, 1.165) is 11.8 Å². The summed E-state index contributed by atoms with van der Waals surface area (Å²) in [5, 5.41) is 12.4. The average Bonchev–Trinajstić information content (AvgIpc) is 2.25. The van der Waals surface area contributed by atoms with Crippen molar-refractivity contribution in [3.8, 4) is 0 Å². The van der Waals surface area contributed by atoms with Crippen molar-refractivity contribution < 1.29 is 4.84 Å². The highest BCUT2D eigenvalue weighted by molar-refractivity contribution is 5.06. The third-order valence-corrected chi connectivity index (χ3v) is 5.35. The molecule has 3 nitrogen and oxygen atoms in total. The van der Waals surface area contributed by atoms with Crippen LogP contribution in [-0.2, 0) is 4.84 Å². The quantitative estimate of drug-likeness (QED) is 0.704. The summed E-state index contributed by atoms with van der Waals surface area (Å²) < 4.78 is 0. The van der Waals surface area contributed by atoms with E-state index in [2.05, 4.69) is 13.5 Å². The monoisotopic (exact) mass is 236 g/mol. The summed E-state index contributed by atoms with van der Waals surface area (Å²) in [6, 6.07) is 0. The van der Waals surface area contributed by atoms with Crippen molar-refractivity contribution in [1.29, 1.82) is 0 Å². The molecule has 0 heterocycles. The molecule has 96 valence electrons. The fourth-order valence-electron chi connectivity index (χ4n) is 4.53. The second-order valence-corrected chi connectivity index (χ2v) is 6.57. The first-order valence-corrected chi connectivity index (χ1v) is 6.81. The Labute approximate surface area is 103 Å². The standard InChI is InChI=1S/C14H22NO2/c1-9(2)15(16)17-14(3)12-5-10-4-11(7-12)8-13(14)6-10/h10-13H,1,4-8H2,2-3H3/q-1. The molecule has 0 aromatic heterocycles. The van der Waals surface area contributed by atoms with Crippen molar-refractivity contribution in [3.63, 3.8) is 0 Å². The lowest BCUT2D eigenvalue weighted by Crippen LogP contribution is -2.58. The Morgan fingerprint density at radius 3 is 2.06 bits per heavy atom. The zero-order chi connectivity index (χ0) is 12.2. The first-order valence-electron chi connectivity index (χ1n) is 6.81. The molecule has 0 unspecified atom stereocenters. The predicted octanol–water partition coefficient (Wildman–Crippen LogP) is 3.47. The van der Waals surface area contributed by atoms with Crippen LogP contribution < -0.4 is 0 Å². The summed E-state index contributed by atoms with van der Waals surface area (Å²) in [6.07, 6.45) is 6.45. The lowest BCUT2D eigenvalue weighted by molar-refractivity contribution is -0.279. The van der Waals surface area contributed by atoms with Crippen LogP contribution in [0, 0.1) is 28.9 Å². The largest absolute Gasteiger partial charge is 0.734 e. The van der Waals surface area contributed by atoms with Gasteiger partial charge in [-0.3, -0.25) is 4.84 Å². The van der Waals surface area contributed by atoms with E-state index < -0.39 is 0 Å². The number of allylic oxidation sites excluding steroid dienone is 1. The van der Waals surface area contributed by atoms with E-state index in [1.807, 2.05) is 0 Å². The van der Waals surface area contributed by atoms with Crippen molar-refractivity contribution in [2.24, 2.45) is 23.7 Å². The van der Waals surface area contributed by atoms with E-state index >= 15 is 0 Å². The second-order valence-electron chi connectivity index (χ2n) is 6.57. The summed E-state index contributed by atoms with van der Waals surface area (Å²) in [6.45, 7) is 7.51. The summed E-state index contributed by atoms with van der Waals surface area (Å²) in [5.74, 6) is 2.96. The molecule has 0 spiro atoms. The molecule has 0 aliphatic heterocycles. The maximum atomic E-state index is 11.7. The van der Waals surface area contributed by atoms with Crippen LogP contribution in [0.1, 0.15) is 46.0 Å². The molecule has 0 aromatic carbocycles. The highest BCUT2D eigenvalue weighted by Gasteiger charge is 2.56. The summed E-state index contributed by atoms with van der Waals surface area (Å²) >= 11 is 0. The molecule has 17 heavy (non-hydrogen) atoms. The molecule has 4 fully saturated rings. The molecular formula is C14H22NO2-. The zero-order valence-corrected chi connectivity index (χ0v) is 10.8. The van der Waals surface area contributed by atoms with Gasteiger partial charge < -0.3 is 10.4 Å². The molecule has 4 saturated carbocycles. The van der Waals surface area contributed by atoms with Crippen LogP contribution in [0.2, 0.25) is 0 Å². The summed E-state index contributed by atoms with van der Waals surface area (Å²) in [7, 11) is 0. The SMILES string of the molecule is C=C(C)N([O-])OC1(C)C2CC3CC(C2)CC1C3. The molecule has 0 N–H and O–H groups in total. The maximum Gasteiger partial charge on any atom is 0.0980 e. The Hall–Kier alpha value is -0.540. The fraction of sp³-hybridized carbons (Fsp3) is 0.857. The van der Waals surface area contributed by atoms with Crippen LogP contribution in [0.5, 0.6) is 0 Å². The minimum absolute atomic E-state index is 0.242.